The van der Waals surface area contributed by atoms with Crippen molar-refractivity contribution in [2.45, 2.75) is 38.8 Å². The molecule has 0 bridgehead atoms. The number of hydrogen-bond acceptors (Lipinski definition) is 4. The molecule has 1 N–H and O–H groups in total. The fraction of sp³-hybridized carbons (Fsp3) is 0.647. The zero-order chi connectivity index (χ0) is 15.2. The zero-order valence-corrected chi connectivity index (χ0v) is 13.5. The van der Waals surface area contributed by atoms with Crippen molar-refractivity contribution in [3.05, 3.63) is 23.8 Å². The molecule has 1 heterocycles. The van der Waals surface area contributed by atoms with Crippen LogP contribution in [0.4, 0.5) is 0 Å². The summed E-state index contributed by atoms with van der Waals surface area (Å²) in [6, 6.07) is 6.50. The van der Waals surface area contributed by atoms with Crippen LogP contribution in [0.5, 0.6) is 11.5 Å². The summed E-state index contributed by atoms with van der Waals surface area (Å²) >= 11 is 0. The smallest absolute Gasteiger partial charge is 0.122 e. The van der Waals surface area contributed by atoms with Crippen LogP contribution in [0.3, 0.4) is 0 Å². The number of ether oxygens (including phenoxy) is 3. The number of benzene rings is 1. The molecule has 0 radical (unpaired) electrons. The van der Waals surface area contributed by atoms with Crippen LogP contribution in [0.1, 0.15) is 38.4 Å². The molecular formula is C17H27NO3. The molecule has 1 aromatic rings. The minimum absolute atomic E-state index is 0.106. The van der Waals surface area contributed by atoms with E-state index < -0.39 is 0 Å². The van der Waals surface area contributed by atoms with Crippen LogP contribution in [0, 0.1) is 5.92 Å². The van der Waals surface area contributed by atoms with Crippen molar-refractivity contribution in [1.29, 1.82) is 0 Å². The van der Waals surface area contributed by atoms with Gasteiger partial charge in [0.05, 0.1) is 20.3 Å². The van der Waals surface area contributed by atoms with E-state index in [1.54, 1.807) is 14.2 Å². The molecule has 1 aliphatic heterocycles. The van der Waals surface area contributed by atoms with Crippen molar-refractivity contribution in [2.75, 3.05) is 27.4 Å². The summed E-state index contributed by atoms with van der Waals surface area (Å²) in [5, 5.41) is 3.53. The molecule has 1 aromatic carbocycles. The Morgan fingerprint density at radius 2 is 1.86 bits per heavy atom. The van der Waals surface area contributed by atoms with Gasteiger partial charge in [-0.3, -0.25) is 0 Å². The van der Waals surface area contributed by atoms with Crippen LogP contribution in [0.25, 0.3) is 0 Å². The van der Waals surface area contributed by atoms with E-state index in [4.69, 9.17) is 14.2 Å². The molecule has 0 spiro atoms. The second kappa shape index (κ2) is 7.66. The maximum absolute atomic E-state index is 6.06. The number of hydrogen-bond donors (Lipinski definition) is 1. The van der Waals surface area contributed by atoms with Gasteiger partial charge in [-0.1, -0.05) is 13.8 Å². The molecule has 21 heavy (non-hydrogen) atoms. The average Bonchev–Trinajstić information content (AvgIpc) is 2.52. The SMILES string of the molecule is COc1cc(OC)cc(C2OCCCC2CNC(C)C)c1. The molecule has 118 valence electrons. The van der Waals surface area contributed by atoms with Gasteiger partial charge < -0.3 is 19.5 Å². The maximum atomic E-state index is 6.06. The second-order valence-electron chi connectivity index (χ2n) is 5.90. The molecule has 1 fully saturated rings. The molecule has 4 heteroatoms. The lowest BCUT2D eigenvalue weighted by molar-refractivity contribution is -0.0284. The van der Waals surface area contributed by atoms with Crippen molar-refractivity contribution < 1.29 is 14.2 Å². The lowest BCUT2D eigenvalue weighted by Gasteiger charge is -2.33. The highest BCUT2D eigenvalue weighted by atomic mass is 16.5. The molecule has 2 atom stereocenters. The Balaban J connectivity index is 2.19. The molecule has 0 saturated carbocycles. The Morgan fingerprint density at radius 3 is 2.43 bits per heavy atom. The monoisotopic (exact) mass is 293 g/mol. The van der Waals surface area contributed by atoms with E-state index in [1.165, 1.54) is 6.42 Å². The zero-order valence-electron chi connectivity index (χ0n) is 13.5. The summed E-state index contributed by atoms with van der Waals surface area (Å²) in [7, 11) is 3.36. The van der Waals surface area contributed by atoms with Gasteiger partial charge in [-0.05, 0) is 30.5 Å². The molecular weight excluding hydrogens is 266 g/mol. The lowest BCUT2D eigenvalue weighted by Crippen LogP contribution is -2.35. The van der Waals surface area contributed by atoms with Crippen LogP contribution in [0.2, 0.25) is 0 Å². The van der Waals surface area contributed by atoms with E-state index in [1.807, 2.05) is 6.07 Å². The molecule has 1 aliphatic rings. The molecule has 1 saturated heterocycles. The lowest BCUT2D eigenvalue weighted by atomic mass is 9.89. The quantitative estimate of drug-likeness (QED) is 0.874. The normalized spacial score (nSPS) is 22.3. The van der Waals surface area contributed by atoms with Crippen molar-refractivity contribution in [3.63, 3.8) is 0 Å². The summed E-state index contributed by atoms with van der Waals surface area (Å²) in [4.78, 5) is 0. The largest absolute Gasteiger partial charge is 0.497 e. The van der Waals surface area contributed by atoms with Crippen LogP contribution in [-0.4, -0.2) is 33.4 Å². The minimum Gasteiger partial charge on any atom is -0.497 e. The third kappa shape index (κ3) is 4.35. The van der Waals surface area contributed by atoms with E-state index in [2.05, 4.69) is 31.3 Å². The number of methoxy groups -OCH3 is 2. The van der Waals surface area contributed by atoms with Gasteiger partial charge >= 0.3 is 0 Å². The average molecular weight is 293 g/mol. The fourth-order valence-corrected chi connectivity index (χ4v) is 2.80. The van der Waals surface area contributed by atoms with Crippen molar-refractivity contribution in [2.24, 2.45) is 5.92 Å². The number of rotatable bonds is 6. The van der Waals surface area contributed by atoms with Gasteiger partial charge in [0.15, 0.2) is 0 Å². The van der Waals surface area contributed by atoms with Gasteiger partial charge in [-0.25, -0.2) is 0 Å². The topological polar surface area (TPSA) is 39.7 Å². The third-order valence-electron chi connectivity index (χ3n) is 3.94. The predicted molar refractivity (Wildman–Crippen MR) is 84.1 cm³/mol. The Kier molecular flexibility index (Phi) is 5.88. The van der Waals surface area contributed by atoms with E-state index >= 15 is 0 Å². The van der Waals surface area contributed by atoms with Crippen molar-refractivity contribution in [1.82, 2.24) is 5.32 Å². The van der Waals surface area contributed by atoms with Crippen LogP contribution >= 0.6 is 0 Å². The highest BCUT2D eigenvalue weighted by molar-refractivity contribution is 5.39. The summed E-state index contributed by atoms with van der Waals surface area (Å²) in [5.41, 5.74) is 1.14. The molecule has 0 aliphatic carbocycles. The summed E-state index contributed by atoms with van der Waals surface area (Å²) in [6.07, 6.45) is 2.42. The molecule has 0 aromatic heterocycles. The van der Waals surface area contributed by atoms with Gasteiger partial charge in [0.2, 0.25) is 0 Å². The highest BCUT2D eigenvalue weighted by Gasteiger charge is 2.28. The van der Waals surface area contributed by atoms with E-state index in [9.17, 15) is 0 Å². The Bertz CT molecular complexity index is 425. The fourth-order valence-electron chi connectivity index (χ4n) is 2.80. The molecule has 2 unspecified atom stereocenters. The van der Waals surface area contributed by atoms with Crippen LogP contribution in [0.15, 0.2) is 18.2 Å². The first-order valence-electron chi connectivity index (χ1n) is 7.72. The highest BCUT2D eigenvalue weighted by Crippen LogP contribution is 2.36. The van der Waals surface area contributed by atoms with Crippen LogP contribution < -0.4 is 14.8 Å². The van der Waals surface area contributed by atoms with Crippen molar-refractivity contribution >= 4 is 0 Å². The number of nitrogens with one attached hydrogen (secondary N) is 1. The molecule has 4 nitrogen and oxygen atoms in total. The standard InChI is InChI=1S/C17H27NO3/c1-12(2)18-11-13-6-5-7-21-17(13)14-8-15(19-3)10-16(9-14)20-4/h8-10,12-13,17-18H,5-7,11H2,1-4H3. The minimum atomic E-state index is 0.106. The van der Waals surface area contributed by atoms with Gasteiger partial charge in [0, 0.05) is 31.2 Å². The second-order valence-corrected chi connectivity index (χ2v) is 5.90. The van der Waals surface area contributed by atoms with Gasteiger partial charge in [-0.2, -0.15) is 0 Å². The van der Waals surface area contributed by atoms with Crippen LogP contribution in [-0.2, 0) is 4.74 Å². The summed E-state index contributed by atoms with van der Waals surface area (Å²) in [5.74, 6) is 2.11. The Morgan fingerprint density at radius 1 is 1.19 bits per heavy atom. The first-order valence-corrected chi connectivity index (χ1v) is 7.72. The third-order valence-corrected chi connectivity index (χ3v) is 3.94. The van der Waals surface area contributed by atoms with E-state index in [0.717, 1.165) is 36.6 Å². The maximum Gasteiger partial charge on any atom is 0.122 e. The Labute approximate surface area is 127 Å². The van der Waals surface area contributed by atoms with E-state index in [-0.39, 0.29) is 6.10 Å². The first kappa shape index (κ1) is 16.1. The summed E-state index contributed by atoms with van der Waals surface area (Å²) in [6.45, 7) is 6.14. The van der Waals surface area contributed by atoms with E-state index in [0.29, 0.717) is 12.0 Å². The molecule has 0 amide bonds. The van der Waals surface area contributed by atoms with Gasteiger partial charge in [0.25, 0.3) is 0 Å². The summed E-state index contributed by atoms with van der Waals surface area (Å²) < 4.78 is 16.8. The Hall–Kier alpha value is -1.26. The molecule has 2 rings (SSSR count). The van der Waals surface area contributed by atoms with Gasteiger partial charge in [-0.15, -0.1) is 0 Å². The first-order chi connectivity index (χ1) is 10.1. The predicted octanol–water partition coefficient (Wildman–Crippen LogP) is 3.17. The van der Waals surface area contributed by atoms with Gasteiger partial charge in [0.1, 0.15) is 11.5 Å². The van der Waals surface area contributed by atoms with Crippen molar-refractivity contribution in [3.8, 4) is 11.5 Å².